The second kappa shape index (κ2) is 9.14. The monoisotopic (exact) mass is 349 g/mol. The Morgan fingerprint density at radius 2 is 1.71 bits per heavy atom. The van der Waals surface area contributed by atoms with Crippen LogP contribution in [0.5, 0.6) is 0 Å². The number of aliphatic carboxylic acids is 1. The molecule has 0 aliphatic carbocycles. The minimum Gasteiger partial charge on any atom is -0.481 e. The maximum Gasteiger partial charge on any atom is 0.416 e. The van der Waals surface area contributed by atoms with Gasteiger partial charge in [-0.2, -0.15) is 13.2 Å². The number of ether oxygens (including phenoxy) is 1. The maximum absolute atomic E-state index is 12.5. The average Bonchev–Trinajstić information content (AvgIpc) is 2.35. The number of rotatable bonds is 4. The number of hydrogen-bond acceptors (Lipinski definition) is 3. The summed E-state index contributed by atoms with van der Waals surface area (Å²) in [6.45, 7) is 5.28. The molecule has 136 valence electrons. The number of benzene rings is 1. The topological polar surface area (TPSA) is 89.6 Å². The van der Waals surface area contributed by atoms with Crippen molar-refractivity contribution in [2.45, 2.75) is 51.8 Å². The first-order valence-electron chi connectivity index (χ1n) is 7.18. The van der Waals surface area contributed by atoms with Crippen LogP contribution < -0.4 is 5.73 Å². The van der Waals surface area contributed by atoms with Gasteiger partial charge in [-0.05, 0) is 45.2 Å². The van der Waals surface area contributed by atoms with Crippen LogP contribution in [-0.4, -0.2) is 22.8 Å². The first-order chi connectivity index (χ1) is 10.8. The quantitative estimate of drug-likeness (QED) is 0.860. The van der Waals surface area contributed by atoms with E-state index in [-0.39, 0.29) is 24.8 Å². The SMILES string of the molecule is CC(C)(C)OC(N)=O.O=C(O)CCCc1ccccc1C(F)(F)F. The van der Waals surface area contributed by atoms with E-state index in [0.717, 1.165) is 6.07 Å². The largest absolute Gasteiger partial charge is 0.481 e. The first-order valence-corrected chi connectivity index (χ1v) is 7.18. The van der Waals surface area contributed by atoms with E-state index in [9.17, 15) is 22.8 Å². The van der Waals surface area contributed by atoms with E-state index >= 15 is 0 Å². The Hall–Kier alpha value is -2.25. The van der Waals surface area contributed by atoms with Gasteiger partial charge in [-0.1, -0.05) is 18.2 Å². The predicted molar refractivity (Wildman–Crippen MR) is 82.4 cm³/mol. The highest BCUT2D eigenvalue weighted by Gasteiger charge is 2.32. The summed E-state index contributed by atoms with van der Waals surface area (Å²) in [5, 5.41) is 8.40. The zero-order valence-electron chi connectivity index (χ0n) is 13.8. The molecular formula is C16H22F3NO4. The summed E-state index contributed by atoms with van der Waals surface area (Å²) in [7, 11) is 0. The Kier molecular flexibility index (Phi) is 8.29. The number of carboxylic acids is 1. The van der Waals surface area contributed by atoms with Crippen molar-refractivity contribution in [3.05, 3.63) is 35.4 Å². The Balaban J connectivity index is 0.000000561. The Labute approximate surface area is 138 Å². The van der Waals surface area contributed by atoms with Crippen LogP contribution in [0.2, 0.25) is 0 Å². The van der Waals surface area contributed by atoms with E-state index in [0.29, 0.717) is 0 Å². The van der Waals surface area contributed by atoms with Crippen molar-refractivity contribution in [3.63, 3.8) is 0 Å². The lowest BCUT2D eigenvalue weighted by Gasteiger charge is -2.16. The lowest BCUT2D eigenvalue weighted by atomic mass is 10.0. The number of primary amides is 1. The van der Waals surface area contributed by atoms with E-state index in [1.165, 1.54) is 18.2 Å². The van der Waals surface area contributed by atoms with E-state index in [1.54, 1.807) is 20.8 Å². The standard InChI is InChI=1S/C11H11F3O2.C5H11NO2/c12-11(13,14)9-6-2-1-4-8(9)5-3-7-10(15)16;1-5(2,3)8-4(6)7/h1-2,4,6H,3,5,7H2,(H,15,16);1-3H3,(H2,6,7). The highest BCUT2D eigenvalue weighted by Crippen LogP contribution is 2.32. The molecule has 0 unspecified atom stereocenters. The molecule has 0 fully saturated rings. The molecule has 0 saturated carbocycles. The smallest absolute Gasteiger partial charge is 0.416 e. The van der Waals surface area contributed by atoms with Gasteiger partial charge in [0.05, 0.1) is 5.56 Å². The van der Waals surface area contributed by atoms with E-state index in [1.807, 2.05) is 0 Å². The number of alkyl halides is 3. The van der Waals surface area contributed by atoms with Gasteiger partial charge < -0.3 is 15.6 Å². The summed E-state index contributed by atoms with van der Waals surface area (Å²) >= 11 is 0. The van der Waals surface area contributed by atoms with E-state index in [4.69, 9.17) is 10.8 Å². The average molecular weight is 349 g/mol. The van der Waals surface area contributed by atoms with Gasteiger partial charge in [-0.15, -0.1) is 0 Å². The number of amides is 1. The van der Waals surface area contributed by atoms with Crippen LogP contribution in [0.25, 0.3) is 0 Å². The molecule has 0 bridgehead atoms. The molecule has 1 aromatic rings. The molecule has 0 aliphatic rings. The van der Waals surface area contributed by atoms with Crippen molar-refractivity contribution < 1.29 is 32.6 Å². The lowest BCUT2D eigenvalue weighted by Crippen LogP contribution is -2.27. The zero-order valence-corrected chi connectivity index (χ0v) is 13.8. The lowest BCUT2D eigenvalue weighted by molar-refractivity contribution is -0.138. The normalized spacial score (nSPS) is 11.2. The molecule has 0 aromatic heterocycles. The van der Waals surface area contributed by atoms with Crippen LogP contribution >= 0.6 is 0 Å². The van der Waals surface area contributed by atoms with Crippen LogP contribution in [0.4, 0.5) is 18.0 Å². The van der Waals surface area contributed by atoms with Gasteiger partial charge >= 0.3 is 18.2 Å². The second-order valence-corrected chi connectivity index (χ2v) is 5.94. The summed E-state index contributed by atoms with van der Waals surface area (Å²) < 4.78 is 42.1. The number of nitrogens with two attached hydrogens (primary N) is 1. The minimum atomic E-state index is -4.38. The number of aryl methyl sites for hydroxylation is 1. The fraction of sp³-hybridized carbons (Fsp3) is 0.500. The molecule has 0 aliphatic heterocycles. The Bertz CT molecular complexity index is 551. The Morgan fingerprint density at radius 3 is 2.08 bits per heavy atom. The van der Waals surface area contributed by atoms with Crippen molar-refractivity contribution in [3.8, 4) is 0 Å². The molecule has 1 aromatic carbocycles. The van der Waals surface area contributed by atoms with Gasteiger partial charge in [0.15, 0.2) is 0 Å². The summed E-state index contributed by atoms with van der Waals surface area (Å²) in [4.78, 5) is 20.3. The molecule has 0 spiro atoms. The highest BCUT2D eigenvalue weighted by atomic mass is 19.4. The third-order valence-electron chi connectivity index (χ3n) is 2.57. The van der Waals surface area contributed by atoms with Crippen molar-refractivity contribution >= 4 is 12.1 Å². The summed E-state index contributed by atoms with van der Waals surface area (Å²) in [5.74, 6) is -0.996. The summed E-state index contributed by atoms with van der Waals surface area (Å²) in [6, 6.07) is 5.23. The second-order valence-electron chi connectivity index (χ2n) is 5.94. The van der Waals surface area contributed by atoms with Gasteiger partial charge in [-0.25, -0.2) is 4.79 Å². The van der Waals surface area contributed by atoms with Crippen LogP contribution in [0.3, 0.4) is 0 Å². The third-order valence-corrected chi connectivity index (χ3v) is 2.57. The number of carboxylic acid groups (broad SMARTS) is 1. The van der Waals surface area contributed by atoms with Crippen LogP contribution in [0, 0.1) is 0 Å². The summed E-state index contributed by atoms with van der Waals surface area (Å²) in [6.07, 6.45) is -4.88. The molecule has 0 heterocycles. The minimum absolute atomic E-state index is 0.119. The molecule has 1 amide bonds. The highest BCUT2D eigenvalue weighted by molar-refractivity contribution is 5.66. The molecule has 0 atom stereocenters. The van der Waals surface area contributed by atoms with E-state index in [2.05, 4.69) is 4.74 Å². The van der Waals surface area contributed by atoms with Crippen molar-refractivity contribution in [1.29, 1.82) is 0 Å². The van der Waals surface area contributed by atoms with Crippen molar-refractivity contribution in [2.75, 3.05) is 0 Å². The third kappa shape index (κ3) is 10.5. The van der Waals surface area contributed by atoms with Gasteiger partial charge in [0.1, 0.15) is 5.60 Å². The fourth-order valence-electron chi connectivity index (χ4n) is 1.75. The number of carbonyl (C=O) groups excluding carboxylic acids is 1. The maximum atomic E-state index is 12.5. The van der Waals surface area contributed by atoms with Gasteiger partial charge in [0.2, 0.25) is 0 Å². The van der Waals surface area contributed by atoms with Crippen LogP contribution in [0.15, 0.2) is 24.3 Å². The fourth-order valence-corrected chi connectivity index (χ4v) is 1.75. The molecule has 24 heavy (non-hydrogen) atoms. The van der Waals surface area contributed by atoms with E-state index < -0.39 is 29.4 Å². The molecule has 3 N–H and O–H groups in total. The van der Waals surface area contributed by atoms with Crippen molar-refractivity contribution in [1.82, 2.24) is 0 Å². The van der Waals surface area contributed by atoms with Crippen molar-refractivity contribution in [2.24, 2.45) is 5.73 Å². The van der Waals surface area contributed by atoms with Gasteiger partial charge in [-0.3, -0.25) is 4.79 Å². The number of halogens is 3. The molecular weight excluding hydrogens is 327 g/mol. The van der Waals surface area contributed by atoms with Crippen LogP contribution in [-0.2, 0) is 22.1 Å². The predicted octanol–water partition coefficient (Wildman–Crippen LogP) is 3.99. The zero-order chi connectivity index (χ0) is 19.0. The van der Waals surface area contributed by atoms with Crippen LogP contribution in [0.1, 0.15) is 44.7 Å². The molecule has 1 rings (SSSR count). The molecule has 5 nitrogen and oxygen atoms in total. The summed E-state index contributed by atoms with van der Waals surface area (Å²) in [5.41, 5.74) is 3.73. The molecule has 8 heteroatoms. The molecule has 0 radical (unpaired) electrons. The van der Waals surface area contributed by atoms with Gasteiger partial charge in [0.25, 0.3) is 0 Å². The number of hydrogen-bond donors (Lipinski definition) is 2. The Morgan fingerprint density at radius 1 is 1.17 bits per heavy atom. The number of carbonyl (C=O) groups is 2. The van der Waals surface area contributed by atoms with Gasteiger partial charge in [0, 0.05) is 6.42 Å². The molecule has 0 saturated heterocycles. The first kappa shape index (κ1) is 21.8.